The molecule has 2 aromatic rings. The zero-order valence-electron chi connectivity index (χ0n) is 11.4. The molecule has 1 heterocycles. The Morgan fingerprint density at radius 2 is 2.16 bits per heavy atom. The maximum atomic E-state index is 14.0. The maximum absolute atomic E-state index is 14.0. The fourth-order valence-corrected chi connectivity index (χ4v) is 2.17. The Bertz CT molecular complexity index is 540. The topological polar surface area (TPSA) is 24.9 Å². The number of nitrogens with one attached hydrogen (secondary N) is 1. The summed E-state index contributed by atoms with van der Waals surface area (Å²) in [6.45, 7) is 4.99. The van der Waals surface area contributed by atoms with Crippen LogP contribution in [0.25, 0.3) is 0 Å². The van der Waals surface area contributed by atoms with Crippen LogP contribution in [0, 0.1) is 12.7 Å². The summed E-state index contributed by atoms with van der Waals surface area (Å²) in [5.74, 6) is -0.266. The Morgan fingerprint density at radius 3 is 2.84 bits per heavy atom. The largest absolute Gasteiger partial charge is 0.306 e. The lowest BCUT2D eigenvalue weighted by molar-refractivity contribution is 0.543. The molecule has 0 aliphatic heterocycles. The minimum atomic E-state index is -0.266. The highest BCUT2D eigenvalue weighted by Gasteiger charge is 2.17. The average Bonchev–Trinajstić information content (AvgIpc) is 2.41. The third kappa shape index (κ3) is 3.38. The van der Waals surface area contributed by atoms with Crippen LogP contribution in [0.3, 0.4) is 0 Å². The number of hydrogen-bond donors (Lipinski definition) is 1. The van der Waals surface area contributed by atoms with Gasteiger partial charge in [-0.15, -0.1) is 0 Å². The van der Waals surface area contributed by atoms with Gasteiger partial charge in [0, 0.05) is 11.8 Å². The number of halogens is 1. The molecule has 0 fully saturated rings. The second-order valence-electron chi connectivity index (χ2n) is 4.70. The summed E-state index contributed by atoms with van der Waals surface area (Å²) in [6, 6.07) is 9.79. The highest BCUT2D eigenvalue weighted by atomic mass is 19.1. The van der Waals surface area contributed by atoms with Crippen molar-refractivity contribution in [1.29, 1.82) is 0 Å². The molecule has 3 heteroatoms. The molecule has 1 unspecified atom stereocenters. The molecule has 0 aliphatic rings. The number of aromatic nitrogens is 1. The molecule has 0 saturated heterocycles. The highest BCUT2D eigenvalue weighted by Crippen LogP contribution is 2.24. The van der Waals surface area contributed by atoms with Crippen LogP contribution in [0.2, 0.25) is 0 Å². The van der Waals surface area contributed by atoms with Gasteiger partial charge in [0.25, 0.3) is 0 Å². The number of pyridine rings is 1. The van der Waals surface area contributed by atoms with Crippen LogP contribution >= 0.6 is 0 Å². The van der Waals surface area contributed by atoms with E-state index in [4.69, 9.17) is 0 Å². The molecule has 1 N–H and O–H groups in total. The third-order valence-electron chi connectivity index (χ3n) is 3.09. The smallest absolute Gasteiger partial charge is 0.146 e. The standard InChI is InChI=1S/C16H19FN2/c1-3-8-19-16(13-6-4-5-12(2)10-13)14-7-9-18-11-15(14)17/h4-7,9-11,16,19H,3,8H2,1-2H3. The van der Waals surface area contributed by atoms with Gasteiger partial charge in [-0.25, -0.2) is 4.39 Å². The summed E-state index contributed by atoms with van der Waals surface area (Å²) in [6.07, 6.45) is 3.91. The zero-order valence-corrected chi connectivity index (χ0v) is 11.4. The van der Waals surface area contributed by atoms with E-state index >= 15 is 0 Å². The molecule has 0 aliphatic carbocycles. The van der Waals surface area contributed by atoms with Gasteiger partial charge in [0.15, 0.2) is 0 Å². The summed E-state index contributed by atoms with van der Waals surface area (Å²) in [5.41, 5.74) is 2.91. The SMILES string of the molecule is CCCNC(c1cccc(C)c1)c1ccncc1F. The summed E-state index contributed by atoms with van der Waals surface area (Å²) in [5, 5.41) is 3.40. The Hall–Kier alpha value is -1.74. The van der Waals surface area contributed by atoms with Crippen LogP contribution in [0.1, 0.15) is 36.1 Å². The lowest BCUT2D eigenvalue weighted by atomic mass is 9.97. The van der Waals surface area contributed by atoms with Gasteiger partial charge < -0.3 is 5.32 Å². The first kappa shape index (κ1) is 13.7. The van der Waals surface area contributed by atoms with Crippen molar-refractivity contribution in [2.45, 2.75) is 26.3 Å². The molecule has 2 rings (SSSR count). The molecular formula is C16H19FN2. The number of rotatable bonds is 5. The van der Waals surface area contributed by atoms with Crippen molar-refractivity contribution in [3.05, 3.63) is 65.2 Å². The quantitative estimate of drug-likeness (QED) is 0.886. The second kappa shape index (κ2) is 6.43. The van der Waals surface area contributed by atoms with Crippen LogP contribution in [0.5, 0.6) is 0 Å². The average molecular weight is 258 g/mol. The maximum Gasteiger partial charge on any atom is 0.146 e. The minimum Gasteiger partial charge on any atom is -0.306 e. The van der Waals surface area contributed by atoms with E-state index in [0.29, 0.717) is 5.56 Å². The summed E-state index contributed by atoms with van der Waals surface area (Å²) < 4.78 is 14.0. The van der Waals surface area contributed by atoms with E-state index in [-0.39, 0.29) is 11.9 Å². The summed E-state index contributed by atoms with van der Waals surface area (Å²) in [4.78, 5) is 3.82. The Kier molecular flexibility index (Phi) is 4.63. The van der Waals surface area contributed by atoms with Gasteiger partial charge >= 0.3 is 0 Å². The molecule has 0 bridgehead atoms. The van der Waals surface area contributed by atoms with Gasteiger partial charge in [0.05, 0.1) is 12.2 Å². The highest BCUT2D eigenvalue weighted by molar-refractivity contribution is 5.33. The van der Waals surface area contributed by atoms with Crippen molar-refractivity contribution in [2.24, 2.45) is 0 Å². The predicted octanol–water partition coefficient (Wildman–Crippen LogP) is 3.62. The van der Waals surface area contributed by atoms with Crippen LogP contribution in [0.4, 0.5) is 4.39 Å². The van der Waals surface area contributed by atoms with Crippen molar-refractivity contribution < 1.29 is 4.39 Å². The van der Waals surface area contributed by atoms with E-state index in [0.717, 1.165) is 18.5 Å². The first-order chi connectivity index (χ1) is 9.22. The van der Waals surface area contributed by atoms with E-state index in [2.05, 4.69) is 23.3 Å². The first-order valence-electron chi connectivity index (χ1n) is 6.61. The normalized spacial score (nSPS) is 12.4. The van der Waals surface area contributed by atoms with E-state index < -0.39 is 0 Å². The third-order valence-corrected chi connectivity index (χ3v) is 3.09. The lowest BCUT2D eigenvalue weighted by Gasteiger charge is -2.20. The van der Waals surface area contributed by atoms with E-state index in [1.807, 2.05) is 25.1 Å². The van der Waals surface area contributed by atoms with Crippen molar-refractivity contribution in [1.82, 2.24) is 10.3 Å². The Morgan fingerprint density at radius 1 is 1.32 bits per heavy atom. The van der Waals surface area contributed by atoms with Crippen molar-refractivity contribution in [3.8, 4) is 0 Å². The first-order valence-corrected chi connectivity index (χ1v) is 6.61. The molecule has 1 aromatic carbocycles. The summed E-state index contributed by atoms with van der Waals surface area (Å²) in [7, 11) is 0. The molecular weight excluding hydrogens is 239 g/mol. The van der Waals surface area contributed by atoms with Gasteiger partial charge in [-0.1, -0.05) is 36.8 Å². The lowest BCUT2D eigenvalue weighted by Crippen LogP contribution is -2.24. The van der Waals surface area contributed by atoms with Gasteiger partial charge in [-0.3, -0.25) is 4.98 Å². The fraction of sp³-hybridized carbons (Fsp3) is 0.312. The zero-order chi connectivity index (χ0) is 13.7. The molecule has 0 saturated carbocycles. The van der Waals surface area contributed by atoms with Gasteiger partial charge in [-0.05, 0) is 31.5 Å². The van der Waals surface area contributed by atoms with Gasteiger partial charge in [0.2, 0.25) is 0 Å². The summed E-state index contributed by atoms with van der Waals surface area (Å²) >= 11 is 0. The molecule has 0 radical (unpaired) electrons. The van der Waals surface area contributed by atoms with Gasteiger partial charge in [-0.2, -0.15) is 0 Å². The van der Waals surface area contributed by atoms with Crippen molar-refractivity contribution in [2.75, 3.05) is 6.54 Å². The van der Waals surface area contributed by atoms with Crippen molar-refractivity contribution >= 4 is 0 Å². The molecule has 19 heavy (non-hydrogen) atoms. The predicted molar refractivity (Wildman–Crippen MR) is 75.5 cm³/mol. The minimum absolute atomic E-state index is 0.122. The molecule has 0 spiro atoms. The molecule has 0 amide bonds. The molecule has 1 atom stereocenters. The van der Waals surface area contributed by atoms with Gasteiger partial charge in [0.1, 0.15) is 5.82 Å². The second-order valence-corrected chi connectivity index (χ2v) is 4.70. The number of hydrogen-bond acceptors (Lipinski definition) is 2. The van der Waals surface area contributed by atoms with Crippen LogP contribution in [-0.4, -0.2) is 11.5 Å². The fourth-order valence-electron chi connectivity index (χ4n) is 2.17. The number of benzene rings is 1. The molecule has 1 aromatic heterocycles. The van der Waals surface area contributed by atoms with Crippen molar-refractivity contribution in [3.63, 3.8) is 0 Å². The van der Waals surface area contributed by atoms with E-state index in [9.17, 15) is 4.39 Å². The van der Waals surface area contributed by atoms with E-state index in [1.54, 1.807) is 12.3 Å². The monoisotopic (exact) mass is 258 g/mol. The van der Waals surface area contributed by atoms with Crippen LogP contribution < -0.4 is 5.32 Å². The Labute approximate surface area is 113 Å². The van der Waals surface area contributed by atoms with Crippen LogP contribution in [0.15, 0.2) is 42.7 Å². The number of aryl methyl sites for hydroxylation is 1. The van der Waals surface area contributed by atoms with E-state index in [1.165, 1.54) is 11.8 Å². The molecule has 100 valence electrons. The van der Waals surface area contributed by atoms with Crippen LogP contribution in [-0.2, 0) is 0 Å². The number of nitrogens with zero attached hydrogens (tertiary/aromatic N) is 1. The molecule has 2 nitrogen and oxygen atoms in total. The Balaban J connectivity index is 2.38.